The first kappa shape index (κ1) is 19.6. The van der Waals surface area contributed by atoms with Gasteiger partial charge in [0.25, 0.3) is 5.91 Å². The minimum absolute atomic E-state index is 0.264. The fourth-order valence-corrected chi connectivity index (χ4v) is 3.10. The summed E-state index contributed by atoms with van der Waals surface area (Å²) in [6.07, 6.45) is 2.09. The molecular formula is C21H16F3N5O. The van der Waals surface area contributed by atoms with Crippen molar-refractivity contribution >= 4 is 22.6 Å². The molecule has 152 valence electrons. The van der Waals surface area contributed by atoms with E-state index in [1.165, 1.54) is 18.3 Å². The first-order chi connectivity index (χ1) is 14.3. The third kappa shape index (κ3) is 3.86. The molecule has 9 heteroatoms. The highest BCUT2D eigenvalue weighted by Crippen LogP contribution is 2.30. The van der Waals surface area contributed by atoms with Crippen molar-refractivity contribution in [1.82, 2.24) is 19.7 Å². The monoisotopic (exact) mass is 411 g/mol. The van der Waals surface area contributed by atoms with Crippen LogP contribution in [0, 0.1) is 6.92 Å². The van der Waals surface area contributed by atoms with Crippen molar-refractivity contribution in [2.24, 2.45) is 0 Å². The summed E-state index contributed by atoms with van der Waals surface area (Å²) in [6, 6.07) is 8.04. The van der Waals surface area contributed by atoms with Crippen LogP contribution >= 0.6 is 0 Å². The van der Waals surface area contributed by atoms with Crippen molar-refractivity contribution in [3.63, 3.8) is 0 Å². The summed E-state index contributed by atoms with van der Waals surface area (Å²) in [6.45, 7) is 2.27. The largest absolute Gasteiger partial charge is 0.416 e. The number of nitrogens with one attached hydrogen (secondary N) is 1. The summed E-state index contributed by atoms with van der Waals surface area (Å²) in [4.78, 5) is 21.1. The quantitative estimate of drug-likeness (QED) is 0.538. The third-order valence-corrected chi connectivity index (χ3v) is 4.71. The molecule has 1 aromatic carbocycles. The fraction of sp³-hybridized carbons (Fsp3) is 0.143. The number of anilines is 1. The number of aromatic nitrogens is 4. The maximum atomic E-state index is 12.7. The average molecular weight is 411 g/mol. The van der Waals surface area contributed by atoms with Crippen molar-refractivity contribution in [2.45, 2.75) is 19.6 Å². The first-order valence-corrected chi connectivity index (χ1v) is 9.01. The van der Waals surface area contributed by atoms with Crippen LogP contribution in [0.15, 0.2) is 61.2 Å². The normalized spacial score (nSPS) is 11.6. The van der Waals surface area contributed by atoms with E-state index in [4.69, 9.17) is 0 Å². The molecule has 4 aromatic rings. The number of hydrogen-bond donors (Lipinski definition) is 1. The second-order valence-electron chi connectivity index (χ2n) is 6.73. The molecule has 1 N–H and O–H groups in total. The van der Waals surface area contributed by atoms with E-state index >= 15 is 0 Å². The molecule has 0 saturated carbocycles. The van der Waals surface area contributed by atoms with Crippen molar-refractivity contribution in [1.29, 1.82) is 0 Å². The SMILES string of the molecule is Cc1c(C(=O)Nc2ccc(C(F)(F)F)cc2)cnc2c1cnn2Cc1cccnc1. The van der Waals surface area contributed by atoms with Gasteiger partial charge in [0, 0.05) is 29.7 Å². The minimum Gasteiger partial charge on any atom is -0.322 e. The molecule has 0 aliphatic carbocycles. The molecule has 0 radical (unpaired) electrons. The molecule has 0 saturated heterocycles. The summed E-state index contributed by atoms with van der Waals surface area (Å²) in [5.41, 5.74) is 2.08. The Morgan fingerprint density at radius 1 is 1.10 bits per heavy atom. The predicted octanol–water partition coefficient (Wildman–Crippen LogP) is 4.45. The Morgan fingerprint density at radius 2 is 1.87 bits per heavy atom. The Bertz CT molecular complexity index is 1200. The zero-order valence-electron chi connectivity index (χ0n) is 15.8. The molecule has 0 atom stereocenters. The van der Waals surface area contributed by atoms with Gasteiger partial charge >= 0.3 is 6.18 Å². The average Bonchev–Trinajstić information content (AvgIpc) is 3.12. The Labute approximate surface area is 169 Å². The van der Waals surface area contributed by atoms with Gasteiger partial charge in [-0.1, -0.05) is 6.07 Å². The molecule has 6 nitrogen and oxygen atoms in total. The minimum atomic E-state index is -4.43. The highest BCUT2D eigenvalue weighted by molar-refractivity contribution is 6.07. The number of hydrogen-bond acceptors (Lipinski definition) is 4. The number of halogens is 3. The van der Waals surface area contributed by atoms with Crippen LogP contribution in [-0.2, 0) is 12.7 Å². The van der Waals surface area contributed by atoms with Gasteiger partial charge in [-0.2, -0.15) is 18.3 Å². The van der Waals surface area contributed by atoms with Crippen LogP contribution in [0.25, 0.3) is 11.0 Å². The lowest BCUT2D eigenvalue weighted by molar-refractivity contribution is -0.137. The number of nitrogens with zero attached hydrogens (tertiary/aromatic N) is 4. The van der Waals surface area contributed by atoms with Crippen LogP contribution in [0.4, 0.5) is 18.9 Å². The van der Waals surface area contributed by atoms with Gasteiger partial charge in [0.2, 0.25) is 0 Å². The smallest absolute Gasteiger partial charge is 0.322 e. The predicted molar refractivity (Wildman–Crippen MR) is 105 cm³/mol. The summed E-state index contributed by atoms with van der Waals surface area (Å²) >= 11 is 0. The highest BCUT2D eigenvalue weighted by atomic mass is 19.4. The number of carbonyl (C=O) groups excluding carboxylic acids is 1. The van der Waals surface area contributed by atoms with Crippen LogP contribution in [0.1, 0.15) is 27.0 Å². The second-order valence-corrected chi connectivity index (χ2v) is 6.73. The molecular weight excluding hydrogens is 395 g/mol. The summed E-state index contributed by atoms with van der Waals surface area (Å²) in [7, 11) is 0. The lowest BCUT2D eigenvalue weighted by Gasteiger charge is -2.10. The van der Waals surface area contributed by atoms with E-state index in [0.717, 1.165) is 23.1 Å². The molecule has 0 bridgehead atoms. The van der Waals surface area contributed by atoms with Gasteiger partial charge in [0.1, 0.15) is 0 Å². The van der Waals surface area contributed by atoms with Crippen molar-refractivity contribution in [3.8, 4) is 0 Å². The molecule has 0 spiro atoms. The standard InChI is InChI=1S/C21H16F3N5O/c1-13-17-11-27-29(12-14-3-2-8-25-9-14)19(17)26-10-18(13)20(30)28-16-6-4-15(5-7-16)21(22,23)24/h2-11H,12H2,1H3,(H,28,30). The molecule has 0 aliphatic rings. The second kappa shape index (κ2) is 7.58. The third-order valence-electron chi connectivity index (χ3n) is 4.71. The first-order valence-electron chi connectivity index (χ1n) is 9.01. The van der Waals surface area contributed by atoms with Gasteiger partial charge in [0.15, 0.2) is 5.65 Å². The van der Waals surface area contributed by atoms with Gasteiger partial charge in [0.05, 0.1) is 23.9 Å². The van der Waals surface area contributed by atoms with E-state index in [9.17, 15) is 18.0 Å². The van der Waals surface area contributed by atoms with Crippen LogP contribution in [-0.4, -0.2) is 25.7 Å². The Balaban J connectivity index is 1.57. The zero-order valence-corrected chi connectivity index (χ0v) is 15.8. The fourth-order valence-electron chi connectivity index (χ4n) is 3.10. The van der Waals surface area contributed by atoms with Crippen molar-refractivity contribution < 1.29 is 18.0 Å². The molecule has 0 unspecified atom stereocenters. The molecule has 3 aromatic heterocycles. The van der Waals surface area contributed by atoms with Crippen molar-refractivity contribution in [3.05, 3.63) is 83.4 Å². The van der Waals surface area contributed by atoms with Crippen LogP contribution in [0.5, 0.6) is 0 Å². The van der Waals surface area contributed by atoms with Crippen LogP contribution in [0.3, 0.4) is 0 Å². The van der Waals surface area contributed by atoms with E-state index in [-0.39, 0.29) is 5.69 Å². The highest BCUT2D eigenvalue weighted by Gasteiger charge is 2.30. The molecule has 4 rings (SSSR count). The van der Waals surface area contributed by atoms with Crippen molar-refractivity contribution in [2.75, 3.05) is 5.32 Å². The molecule has 0 fully saturated rings. The maximum absolute atomic E-state index is 12.7. The zero-order chi connectivity index (χ0) is 21.3. The molecule has 3 heterocycles. The Kier molecular flexibility index (Phi) is 4.94. The van der Waals surface area contributed by atoms with E-state index in [2.05, 4.69) is 20.4 Å². The summed E-state index contributed by atoms with van der Waals surface area (Å²) in [5, 5.41) is 7.69. The van der Waals surface area contributed by atoms with E-state index < -0.39 is 17.6 Å². The number of rotatable bonds is 4. The molecule has 0 aliphatic heterocycles. The van der Waals surface area contributed by atoms with E-state index in [1.54, 1.807) is 30.2 Å². The Morgan fingerprint density at radius 3 is 2.53 bits per heavy atom. The van der Waals surface area contributed by atoms with Gasteiger partial charge in [-0.15, -0.1) is 0 Å². The number of alkyl halides is 3. The number of carbonyl (C=O) groups is 1. The lowest BCUT2D eigenvalue weighted by Crippen LogP contribution is -2.14. The number of pyridine rings is 2. The van der Waals surface area contributed by atoms with Crippen LogP contribution in [0.2, 0.25) is 0 Å². The molecule has 30 heavy (non-hydrogen) atoms. The van der Waals surface area contributed by atoms with Gasteiger partial charge < -0.3 is 5.32 Å². The number of aryl methyl sites for hydroxylation is 1. The summed E-state index contributed by atoms with van der Waals surface area (Å²) in [5.74, 6) is -0.457. The van der Waals surface area contributed by atoms with E-state index in [0.29, 0.717) is 23.3 Å². The topological polar surface area (TPSA) is 72.7 Å². The van der Waals surface area contributed by atoms with E-state index in [1.807, 2.05) is 12.1 Å². The van der Waals surface area contributed by atoms with Gasteiger partial charge in [-0.25, -0.2) is 9.67 Å². The molecule has 1 amide bonds. The Hall–Kier alpha value is -3.75. The number of benzene rings is 1. The van der Waals surface area contributed by atoms with Gasteiger partial charge in [-0.3, -0.25) is 9.78 Å². The maximum Gasteiger partial charge on any atom is 0.416 e. The van der Waals surface area contributed by atoms with Gasteiger partial charge in [-0.05, 0) is 48.4 Å². The summed E-state index contributed by atoms with van der Waals surface area (Å²) < 4.78 is 39.8. The number of fused-ring (bicyclic) bond motifs is 1. The number of amides is 1. The van der Waals surface area contributed by atoms with Crippen LogP contribution < -0.4 is 5.32 Å². The lowest BCUT2D eigenvalue weighted by atomic mass is 10.1.